The molecule has 5 heteroatoms. The molecule has 0 radical (unpaired) electrons. The van der Waals surface area contributed by atoms with Gasteiger partial charge < -0.3 is 20.2 Å². The molecule has 1 aromatic heterocycles. The quantitative estimate of drug-likeness (QED) is 0.734. The van der Waals surface area contributed by atoms with E-state index in [0.717, 1.165) is 40.3 Å². The van der Waals surface area contributed by atoms with Crippen LogP contribution in [0.15, 0.2) is 42.5 Å². The largest absolute Gasteiger partial charge is 0.497 e. The number of nitrogens with two attached hydrogens (primary N) is 1. The zero-order chi connectivity index (χ0) is 16.2. The summed E-state index contributed by atoms with van der Waals surface area (Å²) in [5.74, 6) is 2.63. The topological polar surface area (TPSA) is 73.2 Å². The van der Waals surface area contributed by atoms with Gasteiger partial charge in [0.1, 0.15) is 17.3 Å². The normalized spacial score (nSPS) is 12.3. The highest BCUT2D eigenvalue weighted by molar-refractivity contribution is 5.74. The zero-order valence-corrected chi connectivity index (χ0v) is 13.4. The Hall–Kier alpha value is -2.53. The SMILES string of the molecule is COc1ccc(OC)c(CC(CN)c2nc3ccccc3[nH]2)c1. The average Bonchev–Trinajstić information content (AvgIpc) is 3.03. The Labute approximate surface area is 135 Å². The number of nitrogens with one attached hydrogen (secondary N) is 1. The monoisotopic (exact) mass is 311 g/mol. The van der Waals surface area contributed by atoms with Crippen LogP contribution in [0, 0.1) is 0 Å². The molecule has 0 amide bonds. The number of ether oxygens (including phenoxy) is 2. The lowest BCUT2D eigenvalue weighted by atomic mass is 9.97. The van der Waals surface area contributed by atoms with Gasteiger partial charge in [0.2, 0.25) is 0 Å². The second kappa shape index (κ2) is 6.71. The number of nitrogens with zero attached hydrogens (tertiary/aromatic N) is 1. The first kappa shape index (κ1) is 15.4. The van der Waals surface area contributed by atoms with Crippen molar-refractivity contribution in [1.29, 1.82) is 0 Å². The van der Waals surface area contributed by atoms with Crippen LogP contribution in [0.4, 0.5) is 0 Å². The minimum absolute atomic E-state index is 0.0865. The van der Waals surface area contributed by atoms with Crippen LogP contribution in [0.25, 0.3) is 11.0 Å². The van der Waals surface area contributed by atoms with Gasteiger partial charge in [-0.2, -0.15) is 0 Å². The lowest BCUT2D eigenvalue weighted by molar-refractivity contribution is 0.397. The summed E-state index contributed by atoms with van der Waals surface area (Å²) in [4.78, 5) is 8.04. The molecule has 0 aliphatic rings. The maximum absolute atomic E-state index is 6.00. The number of benzene rings is 2. The molecule has 5 nitrogen and oxygen atoms in total. The number of hydrogen-bond acceptors (Lipinski definition) is 4. The number of hydrogen-bond donors (Lipinski definition) is 2. The summed E-state index contributed by atoms with van der Waals surface area (Å²) in [6.45, 7) is 0.500. The summed E-state index contributed by atoms with van der Waals surface area (Å²) in [5.41, 5.74) is 9.05. The van der Waals surface area contributed by atoms with Crippen LogP contribution in [0.1, 0.15) is 17.3 Å². The first-order valence-electron chi connectivity index (χ1n) is 7.60. The molecule has 1 unspecified atom stereocenters. The molecule has 3 N–H and O–H groups in total. The fourth-order valence-electron chi connectivity index (χ4n) is 2.76. The average molecular weight is 311 g/mol. The summed E-state index contributed by atoms with van der Waals surface area (Å²) in [5, 5.41) is 0. The molecule has 2 aromatic carbocycles. The molecule has 1 heterocycles. The number of methoxy groups -OCH3 is 2. The van der Waals surface area contributed by atoms with Crippen molar-refractivity contribution in [3.63, 3.8) is 0 Å². The molecular formula is C18H21N3O2. The molecule has 3 rings (SSSR count). The summed E-state index contributed by atoms with van der Waals surface area (Å²) in [6.07, 6.45) is 0.733. The van der Waals surface area contributed by atoms with Gasteiger partial charge in [-0.3, -0.25) is 0 Å². The van der Waals surface area contributed by atoms with Crippen LogP contribution >= 0.6 is 0 Å². The number of para-hydroxylation sites is 2. The van der Waals surface area contributed by atoms with Gasteiger partial charge in [0.25, 0.3) is 0 Å². The summed E-state index contributed by atoms with van der Waals surface area (Å²) in [6, 6.07) is 13.8. The first-order valence-corrected chi connectivity index (χ1v) is 7.60. The number of aromatic amines is 1. The molecular weight excluding hydrogens is 290 g/mol. The summed E-state index contributed by atoms with van der Waals surface area (Å²) in [7, 11) is 3.33. The first-order chi connectivity index (χ1) is 11.2. The van der Waals surface area contributed by atoms with Gasteiger partial charge in [-0.1, -0.05) is 12.1 Å². The van der Waals surface area contributed by atoms with Crippen molar-refractivity contribution < 1.29 is 9.47 Å². The highest BCUT2D eigenvalue weighted by Gasteiger charge is 2.17. The third kappa shape index (κ3) is 3.14. The van der Waals surface area contributed by atoms with E-state index in [4.69, 9.17) is 15.2 Å². The van der Waals surface area contributed by atoms with Crippen molar-refractivity contribution in [1.82, 2.24) is 9.97 Å². The molecule has 0 spiro atoms. The smallest absolute Gasteiger partial charge is 0.122 e. The predicted octanol–water partition coefficient (Wildman–Crippen LogP) is 2.87. The van der Waals surface area contributed by atoms with Gasteiger partial charge in [0.05, 0.1) is 25.3 Å². The van der Waals surface area contributed by atoms with Crippen LogP contribution in [-0.2, 0) is 6.42 Å². The Morgan fingerprint density at radius 1 is 1.13 bits per heavy atom. The highest BCUT2D eigenvalue weighted by Crippen LogP contribution is 2.29. The van der Waals surface area contributed by atoms with Crippen molar-refractivity contribution in [3.05, 3.63) is 53.9 Å². The van der Waals surface area contributed by atoms with E-state index in [9.17, 15) is 0 Å². The van der Waals surface area contributed by atoms with Crippen LogP contribution in [-0.4, -0.2) is 30.7 Å². The van der Waals surface area contributed by atoms with E-state index in [1.807, 2.05) is 42.5 Å². The second-order valence-corrected chi connectivity index (χ2v) is 5.45. The Bertz CT molecular complexity index is 765. The minimum Gasteiger partial charge on any atom is -0.497 e. The van der Waals surface area contributed by atoms with Crippen LogP contribution in [0.2, 0.25) is 0 Å². The Morgan fingerprint density at radius 3 is 2.65 bits per heavy atom. The fraction of sp³-hybridized carbons (Fsp3) is 0.278. The molecule has 0 fully saturated rings. The molecule has 3 aromatic rings. The number of H-pyrrole nitrogens is 1. The van der Waals surface area contributed by atoms with Crippen molar-refractivity contribution in [2.24, 2.45) is 5.73 Å². The van der Waals surface area contributed by atoms with Gasteiger partial charge in [-0.25, -0.2) is 4.98 Å². The number of imidazole rings is 1. The van der Waals surface area contributed by atoms with Gasteiger partial charge in [-0.15, -0.1) is 0 Å². The van der Waals surface area contributed by atoms with Crippen LogP contribution < -0.4 is 15.2 Å². The summed E-state index contributed by atoms with van der Waals surface area (Å²) < 4.78 is 10.8. The zero-order valence-electron chi connectivity index (χ0n) is 13.4. The second-order valence-electron chi connectivity index (χ2n) is 5.45. The fourth-order valence-corrected chi connectivity index (χ4v) is 2.76. The van der Waals surface area contributed by atoms with Crippen molar-refractivity contribution in [2.45, 2.75) is 12.3 Å². The lowest BCUT2D eigenvalue weighted by Gasteiger charge is -2.15. The Morgan fingerprint density at radius 2 is 1.96 bits per heavy atom. The molecule has 1 atom stereocenters. The molecule has 0 saturated carbocycles. The van der Waals surface area contributed by atoms with Crippen molar-refractivity contribution >= 4 is 11.0 Å². The van der Waals surface area contributed by atoms with Crippen LogP contribution in [0.3, 0.4) is 0 Å². The van der Waals surface area contributed by atoms with Crippen LogP contribution in [0.5, 0.6) is 11.5 Å². The van der Waals surface area contributed by atoms with Gasteiger partial charge in [0.15, 0.2) is 0 Å². The lowest BCUT2D eigenvalue weighted by Crippen LogP contribution is -2.16. The maximum atomic E-state index is 6.00. The molecule has 120 valence electrons. The van der Waals surface area contributed by atoms with E-state index >= 15 is 0 Å². The molecule has 0 bridgehead atoms. The third-order valence-electron chi connectivity index (χ3n) is 4.03. The van der Waals surface area contributed by atoms with Crippen molar-refractivity contribution in [3.8, 4) is 11.5 Å². The molecule has 0 saturated heterocycles. The third-order valence-corrected chi connectivity index (χ3v) is 4.03. The maximum Gasteiger partial charge on any atom is 0.122 e. The number of fused-ring (bicyclic) bond motifs is 1. The minimum atomic E-state index is 0.0865. The van der Waals surface area contributed by atoms with E-state index in [0.29, 0.717) is 6.54 Å². The Balaban J connectivity index is 1.92. The van der Waals surface area contributed by atoms with Gasteiger partial charge in [0, 0.05) is 12.5 Å². The van der Waals surface area contributed by atoms with E-state index in [1.165, 1.54) is 0 Å². The number of rotatable bonds is 6. The van der Waals surface area contributed by atoms with Gasteiger partial charge in [-0.05, 0) is 42.3 Å². The predicted molar refractivity (Wildman–Crippen MR) is 91.1 cm³/mol. The van der Waals surface area contributed by atoms with Crippen molar-refractivity contribution in [2.75, 3.05) is 20.8 Å². The van der Waals surface area contributed by atoms with E-state index in [1.54, 1.807) is 14.2 Å². The van der Waals surface area contributed by atoms with E-state index < -0.39 is 0 Å². The Kier molecular flexibility index (Phi) is 4.48. The van der Waals surface area contributed by atoms with E-state index in [-0.39, 0.29) is 5.92 Å². The molecule has 0 aliphatic carbocycles. The summed E-state index contributed by atoms with van der Waals surface area (Å²) >= 11 is 0. The highest BCUT2D eigenvalue weighted by atomic mass is 16.5. The van der Waals surface area contributed by atoms with E-state index in [2.05, 4.69) is 9.97 Å². The molecule has 23 heavy (non-hydrogen) atoms. The number of aromatic nitrogens is 2. The van der Waals surface area contributed by atoms with Gasteiger partial charge >= 0.3 is 0 Å². The standard InChI is InChI=1S/C18H21N3O2/c1-22-14-7-8-17(23-2)12(10-14)9-13(11-19)18-20-15-5-3-4-6-16(15)21-18/h3-8,10,13H,9,11,19H2,1-2H3,(H,20,21). The molecule has 0 aliphatic heterocycles.